The minimum Gasteiger partial charge on any atom is -0.355 e. The Morgan fingerprint density at radius 1 is 1.30 bits per heavy atom. The van der Waals surface area contributed by atoms with Crippen LogP contribution in [0.2, 0.25) is 0 Å². The molecule has 0 aliphatic heterocycles. The number of benzene rings is 1. The van der Waals surface area contributed by atoms with Crippen molar-refractivity contribution in [2.45, 2.75) is 50.8 Å². The van der Waals surface area contributed by atoms with Gasteiger partial charge in [-0.1, -0.05) is 52.5 Å². The first-order chi connectivity index (χ1) is 9.56. The van der Waals surface area contributed by atoms with Crippen molar-refractivity contribution in [3.8, 4) is 0 Å². The minimum atomic E-state index is 0.143. The first kappa shape index (κ1) is 15.6. The fraction of sp³-hybridized carbons (Fsp3) is 0.588. The van der Waals surface area contributed by atoms with Crippen molar-refractivity contribution in [3.63, 3.8) is 0 Å². The van der Waals surface area contributed by atoms with Crippen LogP contribution >= 0.6 is 15.9 Å². The third-order valence-corrected chi connectivity index (χ3v) is 5.44. The number of carbonyl (C=O) groups excluding carboxylic acids is 1. The summed E-state index contributed by atoms with van der Waals surface area (Å²) in [6, 6.07) is 6.30. The normalized spacial score (nSPS) is 22.6. The molecule has 1 saturated carbocycles. The van der Waals surface area contributed by atoms with E-state index in [9.17, 15) is 4.79 Å². The molecule has 20 heavy (non-hydrogen) atoms. The summed E-state index contributed by atoms with van der Waals surface area (Å²) in [4.78, 5) is 12.7. The lowest BCUT2D eigenvalue weighted by Crippen LogP contribution is -2.35. The molecular weight excluding hydrogens is 314 g/mol. The number of aryl methyl sites for hydroxylation is 2. The highest BCUT2D eigenvalue weighted by Crippen LogP contribution is 2.29. The molecule has 0 aromatic heterocycles. The van der Waals surface area contributed by atoms with Crippen molar-refractivity contribution >= 4 is 21.8 Å². The van der Waals surface area contributed by atoms with Gasteiger partial charge in [-0.3, -0.25) is 4.79 Å². The average Bonchev–Trinajstić information content (AvgIpc) is 2.42. The van der Waals surface area contributed by atoms with E-state index in [1.807, 2.05) is 0 Å². The Hall–Kier alpha value is -0.830. The van der Waals surface area contributed by atoms with Gasteiger partial charge in [-0.15, -0.1) is 0 Å². The molecule has 1 aromatic carbocycles. The van der Waals surface area contributed by atoms with E-state index in [2.05, 4.69) is 53.3 Å². The number of hydrogen-bond acceptors (Lipinski definition) is 1. The van der Waals surface area contributed by atoms with Crippen molar-refractivity contribution in [1.82, 2.24) is 5.32 Å². The van der Waals surface area contributed by atoms with Gasteiger partial charge < -0.3 is 5.32 Å². The predicted molar refractivity (Wildman–Crippen MR) is 87.3 cm³/mol. The number of halogens is 1. The standard InChI is InChI=1S/C17H24BrNO/c1-12-7-8-13(2)15(9-12)10-17(20)19-11-14-5-3-4-6-16(14)18/h7-9,14,16H,3-6,10-11H2,1-2H3,(H,19,20). The van der Waals surface area contributed by atoms with E-state index in [0.29, 0.717) is 17.2 Å². The molecule has 1 amide bonds. The smallest absolute Gasteiger partial charge is 0.224 e. The summed E-state index contributed by atoms with van der Waals surface area (Å²) in [7, 11) is 0. The molecule has 1 fully saturated rings. The van der Waals surface area contributed by atoms with Crippen molar-refractivity contribution in [3.05, 3.63) is 34.9 Å². The summed E-state index contributed by atoms with van der Waals surface area (Å²) < 4.78 is 0. The topological polar surface area (TPSA) is 29.1 Å². The molecule has 1 aromatic rings. The molecule has 3 heteroatoms. The fourth-order valence-electron chi connectivity index (χ4n) is 2.86. The third kappa shape index (κ3) is 4.34. The van der Waals surface area contributed by atoms with Crippen molar-refractivity contribution < 1.29 is 4.79 Å². The number of rotatable bonds is 4. The molecule has 0 spiro atoms. The zero-order valence-corrected chi connectivity index (χ0v) is 14.0. The molecule has 0 radical (unpaired) electrons. The number of nitrogens with one attached hydrogen (secondary N) is 1. The van der Waals surface area contributed by atoms with Crippen LogP contribution in [0.15, 0.2) is 18.2 Å². The highest BCUT2D eigenvalue weighted by molar-refractivity contribution is 9.09. The quantitative estimate of drug-likeness (QED) is 0.829. The summed E-state index contributed by atoms with van der Waals surface area (Å²) in [5.74, 6) is 0.732. The molecule has 2 rings (SSSR count). The van der Waals surface area contributed by atoms with Crippen LogP contribution in [0, 0.1) is 19.8 Å². The molecule has 2 atom stereocenters. The highest BCUT2D eigenvalue weighted by atomic mass is 79.9. The lowest BCUT2D eigenvalue weighted by Gasteiger charge is -2.27. The van der Waals surface area contributed by atoms with Crippen LogP contribution in [0.5, 0.6) is 0 Å². The summed E-state index contributed by atoms with van der Waals surface area (Å²) in [6.07, 6.45) is 5.55. The maximum absolute atomic E-state index is 12.1. The average molecular weight is 338 g/mol. The minimum absolute atomic E-state index is 0.143. The van der Waals surface area contributed by atoms with Crippen LogP contribution in [0.1, 0.15) is 42.4 Å². The number of carbonyl (C=O) groups is 1. The van der Waals surface area contributed by atoms with Gasteiger partial charge in [0.15, 0.2) is 0 Å². The van der Waals surface area contributed by atoms with Gasteiger partial charge in [-0.2, -0.15) is 0 Å². The predicted octanol–water partition coefficient (Wildman–Crippen LogP) is 3.92. The van der Waals surface area contributed by atoms with Crippen LogP contribution in [-0.2, 0) is 11.2 Å². The molecule has 1 aliphatic carbocycles. The molecule has 0 saturated heterocycles. The van der Waals surface area contributed by atoms with Crippen LogP contribution in [0.4, 0.5) is 0 Å². The first-order valence-electron chi connectivity index (χ1n) is 7.53. The van der Waals surface area contributed by atoms with Crippen molar-refractivity contribution in [1.29, 1.82) is 0 Å². The van der Waals surface area contributed by atoms with Gasteiger partial charge in [0.2, 0.25) is 5.91 Å². The number of alkyl halides is 1. The Kier molecular flexibility index (Phi) is 5.64. The second-order valence-electron chi connectivity index (χ2n) is 5.97. The third-order valence-electron chi connectivity index (χ3n) is 4.23. The van der Waals surface area contributed by atoms with E-state index in [1.165, 1.54) is 36.8 Å². The van der Waals surface area contributed by atoms with Gasteiger partial charge in [0, 0.05) is 11.4 Å². The molecule has 2 unspecified atom stereocenters. The Morgan fingerprint density at radius 2 is 2.05 bits per heavy atom. The monoisotopic (exact) mass is 337 g/mol. The van der Waals surface area contributed by atoms with E-state index in [-0.39, 0.29) is 5.91 Å². The van der Waals surface area contributed by atoms with Crippen LogP contribution < -0.4 is 5.32 Å². The maximum atomic E-state index is 12.1. The second kappa shape index (κ2) is 7.26. The maximum Gasteiger partial charge on any atom is 0.224 e. The Balaban J connectivity index is 1.84. The fourth-order valence-corrected chi connectivity index (χ4v) is 3.64. The highest BCUT2D eigenvalue weighted by Gasteiger charge is 2.22. The Bertz CT molecular complexity index is 472. The van der Waals surface area contributed by atoms with E-state index < -0.39 is 0 Å². The first-order valence-corrected chi connectivity index (χ1v) is 8.44. The van der Waals surface area contributed by atoms with E-state index in [0.717, 1.165) is 12.1 Å². The Labute approximate surface area is 130 Å². The van der Waals surface area contributed by atoms with Gasteiger partial charge in [0.1, 0.15) is 0 Å². The van der Waals surface area contributed by atoms with Crippen molar-refractivity contribution in [2.24, 2.45) is 5.92 Å². The lowest BCUT2D eigenvalue weighted by molar-refractivity contribution is -0.120. The van der Waals surface area contributed by atoms with Crippen LogP contribution in [-0.4, -0.2) is 17.3 Å². The second-order valence-corrected chi connectivity index (χ2v) is 7.15. The lowest BCUT2D eigenvalue weighted by atomic mass is 9.89. The summed E-state index contributed by atoms with van der Waals surface area (Å²) in [5.41, 5.74) is 3.55. The molecule has 0 heterocycles. The summed E-state index contributed by atoms with van der Waals surface area (Å²) >= 11 is 3.74. The van der Waals surface area contributed by atoms with E-state index in [4.69, 9.17) is 0 Å². The summed E-state index contributed by atoms with van der Waals surface area (Å²) in [5, 5.41) is 3.11. The van der Waals surface area contributed by atoms with Crippen LogP contribution in [0.25, 0.3) is 0 Å². The largest absolute Gasteiger partial charge is 0.355 e. The molecular formula is C17H24BrNO. The summed E-state index contributed by atoms with van der Waals surface area (Å²) in [6.45, 7) is 4.94. The van der Waals surface area contributed by atoms with Gasteiger partial charge in [-0.05, 0) is 43.7 Å². The van der Waals surface area contributed by atoms with Gasteiger partial charge >= 0.3 is 0 Å². The van der Waals surface area contributed by atoms with Gasteiger partial charge in [0.05, 0.1) is 6.42 Å². The SMILES string of the molecule is Cc1ccc(C)c(CC(=O)NCC2CCCCC2Br)c1. The zero-order valence-electron chi connectivity index (χ0n) is 12.4. The van der Waals surface area contributed by atoms with E-state index >= 15 is 0 Å². The molecule has 0 bridgehead atoms. The van der Waals surface area contributed by atoms with Gasteiger partial charge in [0.25, 0.3) is 0 Å². The molecule has 1 aliphatic rings. The van der Waals surface area contributed by atoms with E-state index in [1.54, 1.807) is 0 Å². The van der Waals surface area contributed by atoms with Crippen LogP contribution in [0.3, 0.4) is 0 Å². The number of amides is 1. The van der Waals surface area contributed by atoms with Crippen molar-refractivity contribution in [2.75, 3.05) is 6.54 Å². The Morgan fingerprint density at radius 3 is 2.80 bits per heavy atom. The molecule has 110 valence electrons. The van der Waals surface area contributed by atoms with Gasteiger partial charge in [-0.25, -0.2) is 0 Å². The molecule has 2 nitrogen and oxygen atoms in total. The zero-order chi connectivity index (χ0) is 14.5. The molecule has 1 N–H and O–H groups in total. The number of hydrogen-bond donors (Lipinski definition) is 1.